The highest BCUT2D eigenvalue weighted by molar-refractivity contribution is 7.89. The highest BCUT2D eigenvalue weighted by Crippen LogP contribution is 2.22. The Morgan fingerprint density at radius 1 is 1.10 bits per heavy atom. The summed E-state index contributed by atoms with van der Waals surface area (Å²) in [7, 11) is -3.59. The monoisotopic (exact) mass is 317 g/mol. The van der Waals surface area contributed by atoms with Crippen molar-refractivity contribution in [3.05, 3.63) is 0 Å². The lowest BCUT2D eigenvalue weighted by Crippen LogP contribution is -2.37. The number of hydrogen-bond acceptors (Lipinski definition) is 4. The van der Waals surface area contributed by atoms with Crippen molar-refractivity contribution in [1.82, 2.24) is 9.21 Å². The molecule has 0 atom stereocenters. The molecule has 20 heavy (non-hydrogen) atoms. The quantitative estimate of drug-likeness (QED) is 0.780. The average Bonchev–Trinajstić information content (AvgIpc) is 2.53. The van der Waals surface area contributed by atoms with Gasteiger partial charge < -0.3 is 10.6 Å². The normalized spacial score (nSPS) is 20.0. The van der Waals surface area contributed by atoms with Crippen molar-refractivity contribution >= 4 is 10.0 Å². The second-order valence-corrected chi connectivity index (χ2v) is 7.01. The summed E-state index contributed by atoms with van der Waals surface area (Å²) in [5.41, 5.74) is 5.46. The number of nitrogens with zero attached hydrogens (tertiary/aromatic N) is 2. The summed E-state index contributed by atoms with van der Waals surface area (Å²) in [5, 5.41) is 0. The summed E-state index contributed by atoms with van der Waals surface area (Å²) in [4.78, 5) is 2.07. The van der Waals surface area contributed by atoms with Gasteiger partial charge in [0.25, 0.3) is 0 Å². The van der Waals surface area contributed by atoms with Gasteiger partial charge in [-0.2, -0.15) is 13.2 Å². The van der Waals surface area contributed by atoms with Crippen LogP contribution < -0.4 is 5.73 Å². The smallest absolute Gasteiger partial charge is 0.329 e. The minimum Gasteiger partial charge on any atom is -0.329 e. The molecule has 0 aromatic rings. The summed E-state index contributed by atoms with van der Waals surface area (Å²) in [6.45, 7) is 3.27. The van der Waals surface area contributed by atoms with E-state index in [1.807, 2.05) is 0 Å². The number of alkyl halides is 3. The third-order valence-corrected chi connectivity index (χ3v) is 5.21. The molecule has 0 bridgehead atoms. The van der Waals surface area contributed by atoms with Crippen LogP contribution in [0.1, 0.15) is 19.3 Å². The van der Waals surface area contributed by atoms with Gasteiger partial charge in [0.1, 0.15) is 0 Å². The van der Waals surface area contributed by atoms with E-state index in [0.717, 1.165) is 6.54 Å². The zero-order valence-corrected chi connectivity index (χ0v) is 12.2. The second kappa shape index (κ2) is 7.58. The molecule has 1 aliphatic heterocycles. The van der Waals surface area contributed by atoms with E-state index in [1.54, 1.807) is 0 Å². The highest BCUT2D eigenvalue weighted by Gasteiger charge is 2.29. The van der Waals surface area contributed by atoms with Crippen molar-refractivity contribution < 1.29 is 21.6 Å². The molecule has 0 amide bonds. The second-order valence-electron chi connectivity index (χ2n) is 4.92. The maximum atomic E-state index is 12.0. The fourth-order valence-corrected chi connectivity index (χ4v) is 3.75. The molecule has 1 saturated heterocycles. The van der Waals surface area contributed by atoms with Gasteiger partial charge in [0.05, 0.1) is 5.75 Å². The Morgan fingerprint density at radius 2 is 1.80 bits per heavy atom. The zero-order valence-electron chi connectivity index (χ0n) is 11.4. The van der Waals surface area contributed by atoms with E-state index in [0.29, 0.717) is 39.1 Å². The van der Waals surface area contributed by atoms with Crippen molar-refractivity contribution in [2.24, 2.45) is 5.73 Å². The standard InChI is InChI=1S/C11H22F3N3O2S/c12-11(13,14)3-1-10-20(18,19)17-6-2-5-16(7-4-15)8-9-17/h1-10,15H2. The van der Waals surface area contributed by atoms with Crippen LogP contribution >= 0.6 is 0 Å². The molecule has 0 radical (unpaired) electrons. The van der Waals surface area contributed by atoms with E-state index >= 15 is 0 Å². The molecular weight excluding hydrogens is 295 g/mol. The number of nitrogens with two attached hydrogens (primary N) is 1. The molecule has 1 heterocycles. The number of halogens is 3. The maximum Gasteiger partial charge on any atom is 0.389 e. The predicted molar refractivity (Wildman–Crippen MR) is 70.8 cm³/mol. The van der Waals surface area contributed by atoms with Crippen LogP contribution in [0.4, 0.5) is 13.2 Å². The van der Waals surface area contributed by atoms with Gasteiger partial charge >= 0.3 is 6.18 Å². The van der Waals surface area contributed by atoms with Gasteiger partial charge in [-0.15, -0.1) is 0 Å². The van der Waals surface area contributed by atoms with Crippen LogP contribution in [0.15, 0.2) is 0 Å². The highest BCUT2D eigenvalue weighted by atomic mass is 32.2. The summed E-state index contributed by atoms with van der Waals surface area (Å²) in [6, 6.07) is 0. The Bertz CT molecular complexity index is 387. The zero-order chi connectivity index (χ0) is 15.2. The first-order chi connectivity index (χ1) is 9.24. The van der Waals surface area contributed by atoms with Crippen LogP contribution in [0.2, 0.25) is 0 Å². The minimum absolute atomic E-state index is 0.328. The molecule has 9 heteroatoms. The van der Waals surface area contributed by atoms with E-state index in [2.05, 4.69) is 4.90 Å². The Hall–Kier alpha value is -0.380. The van der Waals surface area contributed by atoms with Crippen LogP contribution in [0.3, 0.4) is 0 Å². The number of sulfonamides is 1. The average molecular weight is 317 g/mol. The van der Waals surface area contributed by atoms with Gasteiger partial charge in [0.15, 0.2) is 0 Å². The largest absolute Gasteiger partial charge is 0.389 e. The lowest BCUT2D eigenvalue weighted by Gasteiger charge is -2.21. The van der Waals surface area contributed by atoms with Crippen molar-refractivity contribution in [1.29, 1.82) is 0 Å². The Kier molecular flexibility index (Phi) is 6.70. The van der Waals surface area contributed by atoms with Crippen LogP contribution in [0.5, 0.6) is 0 Å². The number of hydrogen-bond donors (Lipinski definition) is 1. The molecule has 2 N–H and O–H groups in total. The molecular formula is C11H22F3N3O2S. The number of rotatable bonds is 6. The predicted octanol–water partition coefficient (Wildman–Crippen LogP) is 0.625. The fourth-order valence-electron chi connectivity index (χ4n) is 2.22. The Morgan fingerprint density at radius 3 is 2.40 bits per heavy atom. The van der Waals surface area contributed by atoms with Gasteiger partial charge in [-0.1, -0.05) is 0 Å². The van der Waals surface area contributed by atoms with Crippen LogP contribution in [0.25, 0.3) is 0 Å². The minimum atomic E-state index is -4.30. The molecule has 120 valence electrons. The molecule has 0 unspecified atom stereocenters. The third-order valence-electron chi connectivity index (χ3n) is 3.25. The molecule has 0 spiro atoms. The lowest BCUT2D eigenvalue weighted by molar-refractivity contribution is -0.134. The summed E-state index contributed by atoms with van der Waals surface area (Å²) >= 11 is 0. The van der Waals surface area contributed by atoms with Gasteiger partial charge in [-0.25, -0.2) is 12.7 Å². The van der Waals surface area contributed by atoms with Gasteiger partial charge in [0, 0.05) is 39.1 Å². The molecule has 0 aliphatic carbocycles. The van der Waals surface area contributed by atoms with E-state index in [4.69, 9.17) is 5.73 Å². The first-order valence-electron chi connectivity index (χ1n) is 6.71. The topological polar surface area (TPSA) is 66.6 Å². The Balaban J connectivity index is 2.47. The summed E-state index contributed by atoms with van der Waals surface area (Å²) in [6.07, 6.45) is -5.06. The molecule has 0 aromatic heterocycles. The van der Waals surface area contributed by atoms with Crippen molar-refractivity contribution in [2.75, 3.05) is 45.0 Å². The van der Waals surface area contributed by atoms with Crippen molar-refractivity contribution in [3.8, 4) is 0 Å². The molecule has 1 rings (SSSR count). The van der Waals surface area contributed by atoms with Crippen molar-refractivity contribution in [3.63, 3.8) is 0 Å². The fraction of sp³-hybridized carbons (Fsp3) is 1.00. The van der Waals surface area contributed by atoms with Crippen LogP contribution in [-0.2, 0) is 10.0 Å². The summed E-state index contributed by atoms with van der Waals surface area (Å²) < 4.78 is 61.5. The third kappa shape index (κ3) is 6.38. The van der Waals surface area contributed by atoms with Gasteiger partial charge in [-0.05, 0) is 19.4 Å². The Labute approximate surface area is 117 Å². The first-order valence-corrected chi connectivity index (χ1v) is 8.32. The van der Waals surface area contributed by atoms with Gasteiger partial charge in [-0.3, -0.25) is 0 Å². The van der Waals surface area contributed by atoms with E-state index in [9.17, 15) is 21.6 Å². The molecule has 1 aliphatic rings. The molecule has 1 fully saturated rings. The first kappa shape index (κ1) is 17.7. The van der Waals surface area contributed by atoms with E-state index in [1.165, 1.54) is 4.31 Å². The van der Waals surface area contributed by atoms with E-state index in [-0.39, 0.29) is 6.42 Å². The van der Waals surface area contributed by atoms with Gasteiger partial charge in [0.2, 0.25) is 10.0 Å². The van der Waals surface area contributed by atoms with Crippen molar-refractivity contribution in [2.45, 2.75) is 25.4 Å². The summed E-state index contributed by atoms with van der Waals surface area (Å²) in [5.74, 6) is -0.441. The van der Waals surface area contributed by atoms with E-state index < -0.39 is 28.4 Å². The maximum absolute atomic E-state index is 12.0. The molecule has 0 saturated carbocycles. The van der Waals surface area contributed by atoms with Crippen LogP contribution in [-0.4, -0.2) is 68.8 Å². The SMILES string of the molecule is NCCN1CCCN(S(=O)(=O)CCCC(F)(F)F)CC1. The lowest BCUT2D eigenvalue weighted by atomic mass is 10.3. The molecule has 0 aromatic carbocycles. The van der Waals surface area contributed by atoms with Crippen LogP contribution in [0, 0.1) is 0 Å². The molecule has 5 nitrogen and oxygen atoms in total.